The Morgan fingerprint density at radius 3 is 2.22 bits per heavy atom. The molecule has 0 unspecified atom stereocenters. The molecule has 3 aromatic rings. The minimum absolute atomic E-state index is 0.00514. The van der Waals surface area contributed by atoms with Gasteiger partial charge in [-0.05, 0) is 110 Å². The number of aliphatic hydroxyl groups is 2. The van der Waals surface area contributed by atoms with Crippen molar-refractivity contribution in [2.24, 2.45) is 22.9 Å². The number of aliphatic hydroxyl groups excluding tert-OH is 2. The second-order valence-electron chi connectivity index (χ2n) is 19.7. The third-order valence-electron chi connectivity index (χ3n) is 14.5. The van der Waals surface area contributed by atoms with E-state index in [1.165, 1.54) is 99.6 Å². The van der Waals surface area contributed by atoms with Gasteiger partial charge in [-0.2, -0.15) is 4.31 Å². The number of hydrogen-bond donors (Lipinski definition) is 4. The molecule has 1 saturated carbocycles. The van der Waals surface area contributed by atoms with Crippen LogP contribution in [-0.4, -0.2) is 90.8 Å². The molecule has 6 rings (SSSR count). The van der Waals surface area contributed by atoms with E-state index in [1.807, 2.05) is 6.07 Å². The van der Waals surface area contributed by atoms with Crippen molar-refractivity contribution in [3.8, 4) is 11.5 Å². The zero-order chi connectivity index (χ0) is 53.1. The summed E-state index contributed by atoms with van der Waals surface area (Å²) in [6, 6.07) is 15.9. The van der Waals surface area contributed by atoms with Gasteiger partial charge >= 0.3 is 6.09 Å². The maximum Gasteiger partial charge on any atom is 0.412 e. The number of nitrogens with zero attached hydrogens (tertiary/aromatic N) is 3. The zero-order valence-electron chi connectivity index (χ0n) is 43.4. The number of oxime groups is 1. The topological polar surface area (TPSA) is 228 Å². The largest absolute Gasteiger partial charge is 0.460 e. The minimum Gasteiger partial charge on any atom is -0.460 e. The molecule has 404 valence electrons. The molecule has 3 aliphatic rings. The summed E-state index contributed by atoms with van der Waals surface area (Å²) >= 11 is 0. The number of amides is 2. The Morgan fingerprint density at radius 1 is 0.919 bits per heavy atom. The Kier molecular flexibility index (Phi) is 22.0. The molecule has 1 aliphatic heterocycles. The number of carbonyl (C=O) groups excluding carboxylic acids is 2. The highest BCUT2D eigenvalue weighted by molar-refractivity contribution is 7.89. The molecule has 0 aromatic heterocycles. The quantitative estimate of drug-likeness (QED) is 0.0204. The maximum atomic E-state index is 15.0. The lowest BCUT2D eigenvalue weighted by Crippen LogP contribution is -2.69. The number of anilines is 1. The summed E-state index contributed by atoms with van der Waals surface area (Å²) in [5, 5.41) is 41.8. The van der Waals surface area contributed by atoms with Crippen LogP contribution in [0.4, 0.5) is 16.2 Å². The van der Waals surface area contributed by atoms with E-state index in [4.69, 9.17) is 24.2 Å². The number of fused-ring (bicyclic) bond motifs is 2. The lowest BCUT2D eigenvalue weighted by atomic mass is 9.55. The summed E-state index contributed by atoms with van der Waals surface area (Å²) in [6.07, 6.45) is 18.7. The Bertz CT molecular complexity index is 2500. The van der Waals surface area contributed by atoms with Gasteiger partial charge in [-0.1, -0.05) is 94.9 Å². The number of nitro groups is 1. The van der Waals surface area contributed by atoms with E-state index < -0.39 is 44.7 Å². The number of nitro benzene ring substituents is 1. The van der Waals surface area contributed by atoms with Crippen molar-refractivity contribution in [1.82, 2.24) is 9.62 Å². The van der Waals surface area contributed by atoms with E-state index in [0.717, 1.165) is 30.4 Å². The number of non-ortho nitro benzene ring substituents is 1. The molecule has 0 saturated heterocycles. The summed E-state index contributed by atoms with van der Waals surface area (Å²) in [4.78, 5) is 42.2. The van der Waals surface area contributed by atoms with E-state index in [-0.39, 0.29) is 61.2 Å². The molecule has 3 aromatic carbocycles. The fourth-order valence-corrected chi connectivity index (χ4v) is 12.2. The molecule has 1 heterocycles. The van der Waals surface area contributed by atoms with Crippen LogP contribution in [0.25, 0.3) is 0 Å². The average molecular weight is 1040 g/mol. The van der Waals surface area contributed by atoms with Crippen LogP contribution < -0.4 is 20.1 Å². The third kappa shape index (κ3) is 14.8. The van der Waals surface area contributed by atoms with Gasteiger partial charge in [0.15, 0.2) is 0 Å². The van der Waals surface area contributed by atoms with Gasteiger partial charge in [0.05, 0.1) is 34.1 Å². The van der Waals surface area contributed by atoms with Crippen LogP contribution in [-0.2, 0) is 31.0 Å². The van der Waals surface area contributed by atoms with Crippen molar-refractivity contribution in [2.45, 2.75) is 152 Å². The molecule has 4 N–H and O–H groups in total. The number of carbonyl (C=O) groups is 2. The molecule has 74 heavy (non-hydrogen) atoms. The van der Waals surface area contributed by atoms with Gasteiger partial charge in [-0.15, -0.1) is 6.58 Å². The number of rotatable bonds is 31. The number of benzene rings is 3. The van der Waals surface area contributed by atoms with Crippen molar-refractivity contribution in [3.05, 3.63) is 112 Å². The first kappa shape index (κ1) is 57.6. The molecule has 0 bridgehead atoms. The Morgan fingerprint density at radius 2 is 1.58 bits per heavy atom. The van der Waals surface area contributed by atoms with Gasteiger partial charge in [0, 0.05) is 69.5 Å². The van der Waals surface area contributed by atoms with E-state index in [9.17, 15) is 38.3 Å². The first-order chi connectivity index (χ1) is 35.8. The van der Waals surface area contributed by atoms with Crippen molar-refractivity contribution in [1.29, 1.82) is 0 Å². The molecular weight excluding hydrogens is 967 g/mol. The van der Waals surface area contributed by atoms with E-state index in [2.05, 4.69) is 30.2 Å². The number of likely N-dealkylation sites (N-methyl/N-ethyl adjacent to an activating group) is 1. The molecule has 18 heteroatoms. The molecule has 1 fully saturated rings. The van der Waals surface area contributed by atoms with E-state index >= 15 is 0 Å². The molecule has 2 amide bonds. The summed E-state index contributed by atoms with van der Waals surface area (Å²) in [7, 11) is -2.87. The second kappa shape index (κ2) is 28.3. The molecule has 2 aliphatic carbocycles. The monoisotopic (exact) mass is 1040 g/mol. The predicted octanol–water partition coefficient (Wildman–Crippen LogP) is 10.7. The smallest absolute Gasteiger partial charge is 0.412 e. The minimum atomic E-state index is -4.35. The van der Waals surface area contributed by atoms with Crippen LogP contribution in [0.3, 0.4) is 0 Å². The summed E-state index contributed by atoms with van der Waals surface area (Å²) in [5.74, 6) is -2.77. The number of hydrogen-bond acceptors (Lipinski definition) is 13. The first-order valence-corrected chi connectivity index (χ1v) is 28.0. The van der Waals surface area contributed by atoms with Gasteiger partial charge < -0.3 is 39.9 Å². The summed E-state index contributed by atoms with van der Waals surface area (Å²) in [5.41, 5.74) is 2.86. The van der Waals surface area contributed by atoms with Crippen molar-refractivity contribution >= 4 is 39.1 Å². The first-order valence-electron chi connectivity index (χ1n) is 26.5. The van der Waals surface area contributed by atoms with Crippen molar-refractivity contribution in [3.63, 3.8) is 0 Å². The molecule has 17 nitrogen and oxygen atoms in total. The molecule has 0 spiro atoms. The van der Waals surface area contributed by atoms with Crippen molar-refractivity contribution in [2.75, 3.05) is 38.7 Å². The molecule has 0 radical (unpaired) electrons. The summed E-state index contributed by atoms with van der Waals surface area (Å²) in [6.45, 7) is 7.96. The Hall–Kier alpha value is -5.66. The maximum absolute atomic E-state index is 15.0. The highest BCUT2D eigenvalue weighted by atomic mass is 32.2. The SMILES string of the molecule is C=CCO[C@@]12Oc3ccc(OC(=O)NCCCCCCCCCCCC)cc3[C@H]3[C@H](CCCCO)[C@@H](CCCCO)C=C(C(=NOCc4ccc([N+](=O)[O-])cc4)C[C@@H]1N(C)S(=O)(=O)c1ccc(NC(C)=O)cc1)[C@H]32. The number of unbranched alkanes of at least 4 members (excludes halogenated alkanes) is 11. The normalized spacial score (nSPS) is 21.5. The van der Waals surface area contributed by atoms with E-state index in [1.54, 1.807) is 30.3 Å². The fourth-order valence-electron chi connectivity index (χ4n) is 10.9. The second-order valence-corrected chi connectivity index (χ2v) is 21.7. The van der Waals surface area contributed by atoms with Gasteiger partial charge in [0.1, 0.15) is 18.1 Å². The Labute approximate surface area is 437 Å². The van der Waals surface area contributed by atoms with Gasteiger partial charge in [-0.3, -0.25) is 14.9 Å². The predicted molar refractivity (Wildman–Crippen MR) is 284 cm³/mol. The lowest BCUT2D eigenvalue weighted by Gasteiger charge is -2.59. The molecular formula is C56H77N5O12S. The standard InChI is InChI=1S/C56H77N5O12S/c1-5-7-8-9-10-11-12-13-14-17-32-57-55(65)72-45-28-31-51-49(37-45)53-47(21-16-19-34-63)42(20-15-18-33-62)36-48-50(59-71-39-41-22-26-44(27-23-41)61(66)67)38-52(56(73-51,54(48)53)70-35-6-2)60(4)74(68,69)46-29-24-43(25-30-46)58-40(3)64/h6,22-31,36-37,42,47,52-54,62-63H,2,5,7-21,32-35,38-39H2,1,3-4H3,(H,57,65)(H,58,64)/t42-,47+,52-,53+,54+,56+/m0/s1. The number of ether oxygens (including phenoxy) is 3. The highest BCUT2D eigenvalue weighted by Gasteiger charge is 2.65. The number of sulfonamides is 1. The van der Waals surface area contributed by atoms with Crippen LogP contribution >= 0.6 is 0 Å². The summed E-state index contributed by atoms with van der Waals surface area (Å²) < 4.78 is 51.4. The van der Waals surface area contributed by atoms with Crippen LogP contribution in [0.1, 0.15) is 140 Å². The number of allylic oxidation sites excluding steroid dienone is 1. The highest BCUT2D eigenvalue weighted by Crippen LogP contribution is 2.62. The van der Waals surface area contributed by atoms with Crippen molar-refractivity contribution < 1.29 is 52.2 Å². The third-order valence-corrected chi connectivity index (χ3v) is 16.4. The Balaban J connectivity index is 1.42. The number of nitrogens with one attached hydrogen (secondary N) is 2. The van der Waals surface area contributed by atoms with Gasteiger partial charge in [-0.25, -0.2) is 13.2 Å². The van der Waals surface area contributed by atoms with Crippen LogP contribution in [0.2, 0.25) is 0 Å². The zero-order valence-corrected chi connectivity index (χ0v) is 44.2. The van der Waals surface area contributed by atoms with Crippen LogP contribution in [0.15, 0.2) is 101 Å². The fraction of sp³-hybridized carbons (Fsp3) is 0.554. The van der Waals surface area contributed by atoms with E-state index in [0.29, 0.717) is 73.5 Å². The van der Waals surface area contributed by atoms with Gasteiger partial charge in [0.25, 0.3) is 5.69 Å². The van der Waals surface area contributed by atoms with Crippen LogP contribution in [0.5, 0.6) is 11.5 Å². The van der Waals surface area contributed by atoms with Gasteiger partial charge in [0.2, 0.25) is 21.7 Å². The van der Waals surface area contributed by atoms with Crippen LogP contribution in [0, 0.1) is 27.9 Å². The molecule has 6 atom stereocenters. The lowest BCUT2D eigenvalue weighted by molar-refractivity contribution is -0.384. The average Bonchev–Trinajstić information content (AvgIpc) is 3.38.